The molecule has 3 rings (SSSR count). The Labute approximate surface area is 129 Å². The van der Waals surface area contributed by atoms with Gasteiger partial charge in [0.1, 0.15) is 0 Å². The van der Waals surface area contributed by atoms with Crippen LogP contribution in [0.1, 0.15) is 37.8 Å². The van der Waals surface area contributed by atoms with E-state index in [1.165, 1.54) is 12.8 Å². The fraction of sp³-hybridized carbons (Fsp3) is 0.733. The molecule has 1 saturated carbocycles. The zero-order valence-corrected chi connectivity index (χ0v) is 13.4. The minimum atomic E-state index is -0.289. The van der Waals surface area contributed by atoms with Crippen LogP contribution in [0.25, 0.3) is 0 Å². The molecule has 21 heavy (non-hydrogen) atoms. The first-order valence-electron chi connectivity index (χ1n) is 7.70. The maximum Gasteiger partial charge on any atom is 0.228 e. The molecule has 5 nitrogen and oxygen atoms in total. The van der Waals surface area contributed by atoms with Crippen LogP contribution < -0.4 is 10.2 Å². The number of hydrogen-bond donors (Lipinski definition) is 1. The zero-order chi connectivity index (χ0) is 14.7. The van der Waals surface area contributed by atoms with E-state index < -0.39 is 0 Å². The number of rotatable bonds is 6. The van der Waals surface area contributed by atoms with E-state index in [-0.39, 0.29) is 11.3 Å². The Morgan fingerprint density at radius 1 is 1.43 bits per heavy atom. The highest BCUT2D eigenvalue weighted by Crippen LogP contribution is 2.41. The summed E-state index contributed by atoms with van der Waals surface area (Å²) in [5.41, 5.74) is 0.671. The molecule has 0 spiro atoms. The number of carbonyl (C=O) groups excluding carboxylic acids is 1. The molecule has 2 fully saturated rings. The molecule has 0 bridgehead atoms. The van der Waals surface area contributed by atoms with Gasteiger partial charge in [-0.15, -0.1) is 11.3 Å². The van der Waals surface area contributed by atoms with Gasteiger partial charge >= 0.3 is 0 Å². The summed E-state index contributed by atoms with van der Waals surface area (Å²) < 4.78 is 5.21. The second-order valence-corrected chi connectivity index (χ2v) is 6.90. The van der Waals surface area contributed by atoms with Crippen LogP contribution in [0, 0.1) is 5.41 Å². The molecule has 1 saturated heterocycles. The number of methoxy groups -OCH3 is 1. The molecule has 1 aliphatic carbocycles. The Hall–Kier alpha value is -1.14. The van der Waals surface area contributed by atoms with Crippen molar-refractivity contribution in [1.29, 1.82) is 0 Å². The van der Waals surface area contributed by atoms with E-state index in [1.807, 2.05) is 0 Å². The third kappa shape index (κ3) is 3.06. The number of thiazole rings is 1. The Morgan fingerprint density at radius 2 is 2.19 bits per heavy atom. The van der Waals surface area contributed by atoms with Gasteiger partial charge in [-0.2, -0.15) is 0 Å². The van der Waals surface area contributed by atoms with Crippen LogP contribution >= 0.6 is 11.3 Å². The molecule has 2 aliphatic rings. The molecule has 2 heterocycles. The number of hydrogen-bond acceptors (Lipinski definition) is 5. The minimum absolute atomic E-state index is 0.117. The lowest BCUT2D eigenvalue weighted by atomic mass is 9.68. The fourth-order valence-electron chi connectivity index (χ4n) is 3.11. The second-order valence-electron chi connectivity index (χ2n) is 6.07. The summed E-state index contributed by atoms with van der Waals surface area (Å²) in [5, 5.41) is 6.18. The standard InChI is InChI=1S/C15H23N3O2S/c1-20-11-15(5-4-6-15)13(19)16-9-12-10-21-14(17-12)18-7-2-3-8-18/h10H,2-9,11H2,1H3,(H,16,19). The molecular weight excluding hydrogens is 286 g/mol. The average molecular weight is 309 g/mol. The van der Waals surface area contributed by atoms with E-state index in [2.05, 4.69) is 20.6 Å². The normalized spacial score (nSPS) is 20.3. The molecule has 0 radical (unpaired) electrons. The third-order valence-corrected chi connectivity index (χ3v) is 5.51. The second kappa shape index (κ2) is 6.32. The molecule has 6 heteroatoms. The predicted octanol–water partition coefficient (Wildman–Crippen LogP) is 2.18. The maximum atomic E-state index is 12.3. The van der Waals surface area contributed by atoms with E-state index in [4.69, 9.17) is 4.74 Å². The Bertz CT molecular complexity index is 493. The lowest BCUT2D eigenvalue weighted by Gasteiger charge is -2.39. The number of amides is 1. The summed E-state index contributed by atoms with van der Waals surface area (Å²) in [6.07, 6.45) is 5.49. The van der Waals surface area contributed by atoms with E-state index in [0.717, 1.165) is 43.2 Å². The highest BCUT2D eigenvalue weighted by atomic mass is 32.1. The van der Waals surface area contributed by atoms with Crippen LogP contribution in [-0.4, -0.2) is 37.7 Å². The molecule has 0 aromatic carbocycles. The largest absolute Gasteiger partial charge is 0.384 e. The van der Waals surface area contributed by atoms with Gasteiger partial charge in [0, 0.05) is 25.6 Å². The fourth-order valence-corrected chi connectivity index (χ4v) is 3.99. The van der Waals surface area contributed by atoms with Crippen molar-refractivity contribution in [1.82, 2.24) is 10.3 Å². The number of aromatic nitrogens is 1. The molecule has 1 aromatic rings. The molecule has 1 amide bonds. The molecular formula is C15H23N3O2S. The summed E-state index contributed by atoms with van der Waals surface area (Å²) in [4.78, 5) is 19.3. The molecule has 0 unspecified atom stereocenters. The van der Waals surface area contributed by atoms with Crippen molar-refractivity contribution in [2.24, 2.45) is 5.41 Å². The smallest absolute Gasteiger partial charge is 0.228 e. The Morgan fingerprint density at radius 3 is 2.81 bits per heavy atom. The van der Waals surface area contributed by atoms with Gasteiger partial charge in [-0.3, -0.25) is 4.79 Å². The summed E-state index contributed by atoms with van der Waals surface area (Å²) in [5.74, 6) is 0.117. The van der Waals surface area contributed by atoms with Gasteiger partial charge in [0.2, 0.25) is 5.91 Å². The number of ether oxygens (including phenoxy) is 1. The molecule has 1 aromatic heterocycles. The minimum Gasteiger partial charge on any atom is -0.384 e. The van der Waals surface area contributed by atoms with Crippen LogP contribution in [0.4, 0.5) is 5.13 Å². The van der Waals surface area contributed by atoms with Gasteiger partial charge in [0.25, 0.3) is 0 Å². The first kappa shape index (κ1) is 14.8. The van der Waals surface area contributed by atoms with Crippen LogP contribution in [0.3, 0.4) is 0 Å². The molecule has 1 aliphatic heterocycles. The zero-order valence-electron chi connectivity index (χ0n) is 12.6. The van der Waals surface area contributed by atoms with Crippen LogP contribution in [-0.2, 0) is 16.1 Å². The summed E-state index contributed by atoms with van der Waals surface area (Å²) >= 11 is 1.67. The van der Waals surface area contributed by atoms with Gasteiger partial charge in [0.15, 0.2) is 5.13 Å². The van der Waals surface area contributed by atoms with Gasteiger partial charge < -0.3 is 15.0 Å². The van der Waals surface area contributed by atoms with E-state index in [9.17, 15) is 4.79 Å². The van der Waals surface area contributed by atoms with Gasteiger partial charge in [0.05, 0.1) is 24.3 Å². The number of carbonyl (C=O) groups is 1. The SMILES string of the molecule is COCC1(C(=O)NCc2csc(N3CCCC3)n2)CCC1. The first-order chi connectivity index (χ1) is 10.2. The lowest BCUT2D eigenvalue weighted by molar-refractivity contribution is -0.140. The van der Waals surface area contributed by atoms with E-state index >= 15 is 0 Å². The van der Waals surface area contributed by atoms with Crippen molar-refractivity contribution >= 4 is 22.4 Å². The lowest BCUT2D eigenvalue weighted by Crippen LogP contribution is -2.48. The molecule has 1 N–H and O–H groups in total. The average Bonchev–Trinajstić information content (AvgIpc) is 3.10. The van der Waals surface area contributed by atoms with Crippen molar-refractivity contribution < 1.29 is 9.53 Å². The van der Waals surface area contributed by atoms with Crippen LogP contribution in [0.5, 0.6) is 0 Å². The molecule has 116 valence electrons. The number of nitrogens with zero attached hydrogens (tertiary/aromatic N) is 2. The third-order valence-electron chi connectivity index (χ3n) is 4.56. The van der Waals surface area contributed by atoms with E-state index in [1.54, 1.807) is 18.4 Å². The quantitative estimate of drug-likeness (QED) is 0.875. The first-order valence-corrected chi connectivity index (χ1v) is 8.58. The molecule has 0 atom stereocenters. The van der Waals surface area contributed by atoms with Crippen molar-refractivity contribution in [3.05, 3.63) is 11.1 Å². The number of nitrogens with one attached hydrogen (secondary N) is 1. The van der Waals surface area contributed by atoms with Crippen LogP contribution in [0.2, 0.25) is 0 Å². The van der Waals surface area contributed by atoms with Gasteiger partial charge in [-0.25, -0.2) is 4.98 Å². The maximum absolute atomic E-state index is 12.3. The Kier molecular flexibility index (Phi) is 4.45. The monoisotopic (exact) mass is 309 g/mol. The predicted molar refractivity (Wildman–Crippen MR) is 83.6 cm³/mol. The summed E-state index contributed by atoms with van der Waals surface area (Å²) in [7, 11) is 1.66. The van der Waals surface area contributed by atoms with Gasteiger partial charge in [-0.05, 0) is 25.7 Å². The van der Waals surface area contributed by atoms with Crippen molar-refractivity contribution in [2.75, 3.05) is 31.7 Å². The number of anilines is 1. The highest BCUT2D eigenvalue weighted by molar-refractivity contribution is 7.13. The van der Waals surface area contributed by atoms with Crippen molar-refractivity contribution in [3.63, 3.8) is 0 Å². The van der Waals surface area contributed by atoms with E-state index in [0.29, 0.717) is 13.2 Å². The van der Waals surface area contributed by atoms with Crippen LogP contribution in [0.15, 0.2) is 5.38 Å². The topological polar surface area (TPSA) is 54.5 Å². The summed E-state index contributed by atoms with van der Waals surface area (Å²) in [6.45, 7) is 3.26. The van der Waals surface area contributed by atoms with Crippen molar-refractivity contribution in [2.45, 2.75) is 38.6 Å². The highest BCUT2D eigenvalue weighted by Gasteiger charge is 2.44. The Balaban J connectivity index is 1.54. The summed E-state index contributed by atoms with van der Waals surface area (Å²) in [6, 6.07) is 0. The van der Waals surface area contributed by atoms with Crippen molar-refractivity contribution in [3.8, 4) is 0 Å². The van der Waals surface area contributed by atoms with Gasteiger partial charge in [-0.1, -0.05) is 6.42 Å².